The summed E-state index contributed by atoms with van der Waals surface area (Å²) in [6, 6.07) is 1.69. The maximum absolute atomic E-state index is 12.3. The minimum absolute atomic E-state index is 0.0765. The standard InChI is InChI=1S/C12H9N3O2S2/c16-11-9-6-2-4-18-5-8(6)19-12(9)14-10(13-11)7-1-3-17-15-7/h1,3H,2,4-5H2,(H,13,14,16). The van der Waals surface area contributed by atoms with E-state index in [1.807, 2.05) is 11.8 Å². The maximum Gasteiger partial charge on any atom is 0.260 e. The molecule has 5 nitrogen and oxygen atoms in total. The van der Waals surface area contributed by atoms with Crippen LogP contribution in [0.25, 0.3) is 21.7 Å². The zero-order valence-corrected chi connectivity index (χ0v) is 11.4. The fraction of sp³-hybridized carbons (Fsp3) is 0.250. The zero-order chi connectivity index (χ0) is 12.8. The van der Waals surface area contributed by atoms with Gasteiger partial charge in [0.15, 0.2) is 5.82 Å². The molecule has 1 aliphatic rings. The van der Waals surface area contributed by atoms with Crippen molar-refractivity contribution in [2.75, 3.05) is 5.75 Å². The molecule has 0 atom stereocenters. The van der Waals surface area contributed by atoms with Crippen molar-refractivity contribution in [1.82, 2.24) is 15.1 Å². The van der Waals surface area contributed by atoms with Crippen LogP contribution < -0.4 is 5.56 Å². The molecule has 0 amide bonds. The average molecular weight is 291 g/mol. The Bertz CT molecular complexity index is 804. The molecule has 0 aromatic carbocycles. The summed E-state index contributed by atoms with van der Waals surface area (Å²) in [6.07, 6.45) is 2.42. The number of thioether (sulfide) groups is 1. The van der Waals surface area contributed by atoms with Crippen LogP contribution in [0.15, 0.2) is 21.6 Å². The summed E-state index contributed by atoms with van der Waals surface area (Å²) in [5.41, 5.74) is 1.66. The molecule has 0 saturated heterocycles. The van der Waals surface area contributed by atoms with E-state index in [1.165, 1.54) is 16.7 Å². The van der Waals surface area contributed by atoms with Crippen molar-refractivity contribution in [3.05, 3.63) is 33.1 Å². The minimum Gasteiger partial charge on any atom is -0.364 e. The predicted octanol–water partition coefficient (Wildman–Crippen LogP) is 2.43. The molecule has 4 heterocycles. The summed E-state index contributed by atoms with van der Waals surface area (Å²) in [6.45, 7) is 0. The van der Waals surface area contributed by atoms with E-state index < -0.39 is 0 Å². The highest BCUT2D eigenvalue weighted by atomic mass is 32.2. The van der Waals surface area contributed by atoms with Gasteiger partial charge in [0.25, 0.3) is 5.56 Å². The van der Waals surface area contributed by atoms with Crippen molar-refractivity contribution in [1.29, 1.82) is 0 Å². The normalized spacial score (nSPS) is 14.7. The molecule has 1 aliphatic heterocycles. The van der Waals surface area contributed by atoms with Crippen LogP contribution in [0.2, 0.25) is 0 Å². The number of aryl methyl sites for hydroxylation is 1. The van der Waals surface area contributed by atoms with Crippen LogP contribution in [0.3, 0.4) is 0 Å². The van der Waals surface area contributed by atoms with E-state index in [4.69, 9.17) is 4.52 Å². The van der Waals surface area contributed by atoms with Gasteiger partial charge in [0.05, 0.1) is 5.39 Å². The third kappa shape index (κ3) is 1.73. The highest BCUT2D eigenvalue weighted by Gasteiger charge is 2.20. The van der Waals surface area contributed by atoms with Gasteiger partial charge in [0.2, 0.25) is 0 Å². The molecule has 0 spiro atoms. The van der Waals surface area contributed by atoms with E-state index in [9.17, 15) is 4.79 Å². The number of fused-ring (bicyclic) bond motifs is 3. The summed E-state index contributed by atoms with van der Waals surface area (Å²) in [5.74, 6) is 2.52. The SMILES string of the molecule is O=c1[nH]c(-c2ccon2)nc2sc3c(c12)CCSC3. The molecule has 3 aromatic rings. The molecule has 0 fully saturated rings. The Morgan fingerprint density at radius 1 is 1.42 bits per heavy atom. The zero-order valence-electron chi connectivity index (χ0n) is 9.80. The average Bonchev–Trinajstić information content (AvgIpc) is 3.05. The van der Waals surface area contributed by atoms with Crippen molar-refractivity contribution in [3.8, 4) is 11.5 Å². The first-order valence-corrected chi connectivity index (χ1v) is 7.83. The van der Waals surface area contributed by atoms with Gasteiger partial charge in [-0.3, -0.25) is 4.79 Å². The molecule has 7 heteroatoms. The maximum atomic E-state index is 12.3. The highest BCUT2D eigenvalue weighted by Crippen LogP contribution is 2.35. The number of rotatable bonds is 1. The number of nitrogens with one attached hydrogen (secondary N) is 1. The monoisotopic (exact) mass is 291 g/mol. The molecule has 0 bridgehead atoms. The quantitative estimate of drug-likeness (QED) is 0.745. The fourth-order valence-corrected chi connectivity index (χ4v) is 4.64. The Morgan fingerprint density at radius 2 is 2.37 bits per heavy atom. The Kier molecular flexibility index (Phi) is 2.49. The number of H-pyrrole nitrogens is 1. The molecule has 3 aromatic heterocycles. The van der Waals surface area contributed by atoms with Gasteiger partial charge in [-0.1, -0.05) is 5.16 Å². The first-order chi connectivity index (χ1) is 9.33. The van der Waals surface area contributed by atoms with Gasteiger partial charge in [-0.2, -0.15) is 11.8 Å². The van der Waals surface area contributed by atoms with Crippen LogP contribution in [0.4, 0.5) is 0 Å². The van der Waals surface area contributed by atoms with Gasteiger partial charge in [0, 0.05) is 16.7 Å². The molecule has 0 saturated carbocycles. The second kappa shape index (κ2) is 4.21. The molecule has 96 valence electrons. The van der Waals surface area contributed by atoms with Crippen molar-refractivity contribution in [2.45, 2.75) is 12.2 Å². The number of hydrogen-bond acceptors (Lipinski definition) is 6. The lowest BCUT2D eigenvalue weighted by molar-refractivity contribution is 0.422. The second-order valence-corrected chi connectivity index (χ2v) is 6.47. The van der Waals surface area contributed by atoms with E-state index in [0.29, 0.717) is 11.5 Å². The Balaban J connectivity index is 2.00. The van der Waals surface area contributed by atoms with Gasteiger partial charge in [-0.05, 0) is 17.7 Å². The van der Waals surface area contributed by atoms with Gasteiger partial charge in [-0.25, -0.2) is 4.98 Å². The number of aromatic amines is 1. The first kappa shape index (κ1) is 11.2. The molecular formula is C12H9N3O2S2. The second-order valence-electron chi connectivity index (χ2n) is 4.29. The summed E-state index contributed by atoms with van der Waals surface area (Å²) >= 11 is 3.52. The Labute approximate surface area is 116 Å². The van der Waals surface area contributed by atoms with Crippen molar-refractivity contribution in [3.63, 3.8) is 0 Å². The van der Waals surface area contributed by atoms with Crippen LogP contribution in [-0.4, -0.2) is 20.9 Å². The van der Waals surface area contributed by atoms with Crippen LogP contribution in [0, 0.1) is 0 Å². The lowest BCUT2D eigenvalue weighted by Crippen LogP contribution is -2.11. The van der Waals surface area contributed by atoms with Gasteiger partial charge < -0.3 is 9.51 Å². The molecule has 19 heavy (non-hydrogen) atoms. The molecule has 1 N–H and O–H groups in total. The largest absolute Gasteiger partial charge is 0.364 e. The predicted molar refractivity (Wildman–Crippen MR) is 75.6 cm³/mol. The molecule has 0 radical (unpaired) electrons. The third-order valence-electron chi connectivity index (χ3n) is 3.15. The van der Waals surface area contributed by atoms with Crippen molar-refractivity contribution in [2.24, 2.45) is 0 Å². The minimum atomic E-state index is -0.0765. The lowest BCUT2D eigenvalue weighted by Gasteiger charge is -2.09. The smallest absolute Gasteiger partial charge is 0.260 e. The van der Waals surface area contributed by atoms with E-state index in [1.54, 1.807) is 17.4 Å². The Morgan fingerprint density at radius 3 is 3.21 bits per heavy atom. The molecule has 0 unspecified atom stereocenters. The van der Waals surface area contributed by atoms with Crippen LogP contribution >= 0.6 is 23.1 Å². The molecular weight excluding hydrogens is 282 g/mol. The first-order valence-electron chi connectivity index (χ1n) is 5.86. The summed E-state index contributed by atoms with van der Waals surface area (Å²) in [7, 11) is 0. The topological polar surface area (TPSA) is 71.8 Å². The molecule has 0 aliphatic carbocycles. The van der Waals surface area contributed by atoms with E-state index in [2.05, 4.69) is 15.1 Å². The highest BCUT2D eigenvalue weighted by molar-refractivity contribution is 7.98. The number of thiophene rings is 1. The number of hydrogen-bond donors (Lipinski definition) is 1. The van der Waals surface area contributed by atoms with Gasteiger partial charge in [-0.15, -0.1) is 11.3 Å². The number of nitrogens with zero attached hydrogens (tertiary/aromatic N) is 2. The van der Waals surface area contributed by atoms with Crippen molar-refractivity contribution >= 4 is 33.3 Å². The lowest BCUT2D eigenvalue weighted by atomic mass is 10.1. The third-order valence-corrected chi connectivity index (χ3v) is 5.45. The number of aromatic nitrogens is 3. The van der Waals surface area contributed by atoms with Crippen LogP contribution in [0.1, 0.15) is 10.4 Å². The van der Waals surface area contributed by atoms with E-state index in [0.717, 1.165) is 28.1 Å². The van der Waals surface area contributed by atoms with Crippen molar-refractivity contribution < 1.29 is 4.52 Å². The Hall–Kier alpha value is -1.60. The summed E-state index contributed by atoms with van der Waals surface area (Å²) in [5, 5.41) is 4.57. The van der Waals surface area contributed by atoms with E-state index in [-0.39, 0.29) is 5.56 Å². The van der Waals surface area contributed by atoms with Gasteiger partial charge >= 0.3 is 0 Å². The van der Waals surface area contributed by atoms with Crippen LogP contribution in [-0.2, 0) is 12.2 Å². The fourth-order valence-electron chi connectivity index (χ4n) is 2.29. The van der Waals surface area contributed by atoms with Crippen LogP contribution in [0.5, 0.6) is 0 Å². The summed E-state index contributed by atoms with van der Waals surface area (Å²) in [4.78, 5) is 21.7. The van der Waals surface area contributed by atoms with E-state index >= 15 is 0 Å². The van der Waals surface area contributed by atoms with Gasteiger partial charge in [0.1, 0.15) is 16.8 Å². The molecule has 4 rings (SSSR count). The summed E-state index contributed by atoms with van der Waals surface area (Å²) < 4.78 is 4.79.